The first-order valence-corrected chi connectivity index (χ1v) is 26.2. The van der Waals surface area contributed by atoms with Gasteiger partial charge in [0.1, 0.15) is 13.2 Å². The number of carbonyl (C=O) groups excluding carboxylic acids is 3. The standard InChI is InChI=1S/C55H75N5O7S/c1-52(2)28-29-53(3,4)39-68(64,38-52)58-51(63)57-31-33-66-35-34-65-32-30-56-50(62)23-15-18-43(67-40-61)37-60-47-22-13-11-20-45(47)55(7,8)49(60)27-25-42-17-14-16-41(36-42)24-26-48-54(5,6)44-19-10-12-21-46(44)59(48)9/h10-13,19-22,24-29,36,40,43H,14-18,23,30-35,37-39H2,1-9H3,(H-,56,57,62,63)/p+1. The third kappa shape index (κ3) is 13.6. The van der Waals surface area contributed by atoms with E-state index < -0.39 is 21.9 Å². The maximum absolute atomic E-state index is 13.6. The smallest absolute Gasteiger partial charge is 0.349 e. The Morgan fingerprint density at radius 1 is 0.824 bits per heavy atom. The molecule has 3 heterocycles. The van der Waals surface area contributed by atoms with E-state index in [0.717, 1.165) is 30.6 Å². The molecule has 3 aliphatic heterocycles. The topological polar surface area (TPSA) is 139 Å². The number of anilines is 1. The highest BCUT2D eigenvalue weighted by Crippen LogP contribution is 2.48. The van der Waals surface area contributed by atoms with Gasteiger partial charge in [-0.2, -0.15) is 4.58 Å². The van der Waals surface area contributed by atoms with Crippen LogP contribution in [-0.4, -0.2) is 104 Å². The summed E-state index contributed by atoms with van der Waals surface area (Å²) in [6.07, 6.45) is 19.7. The number of ether oxygens (including phenoxy) is 3. The van der Waals surface area contributed by atoms with Crippen molar-refractivity contribution in [3.05, 3.63) is 119 Å². The number of fused-ring (bicyclic) bond motifs is 2. The number of para-hydroxylation sites is 2. The number of amides is 3. The number of urea groups is 1. The van der Waals surface area contributed by atoms with Gasteiger partial charge in [0.15, 0.2) is 5.71 Å². The quantitative estimate of drug-likeness (QED) is 0.0580. The molecule has 0 radical (unpaired) electrons. The Labute approximate surface area is 406 Å². The number of rotatable bonds is 20. The number of allylic oxidation sites excluding steroid dienone is 10. The van der Waals surface area contributed by atoms with E-state index in [0.29, 0.717) is 70.2 Å². The van der Waals surface area contributed by atoms with Crippen LogP contribution in [0.4, 0.5) is 16.2 Å². The highest BCUT2D eigenvalue weighted by molar-refractivity contribution is 7.94. The van der Waals surface area contributed by atoms with E-state index in [1.807, 2.05) is 33.8 Å². The van der Waals surface area contributed by atoms with Crippen LogP contribution in [0.5, 0.6) is 0 Å². The lowest BCUT2D eigenvalue weighted by Crippen LogP contribution is -2.34. The van der Waals surface area contributed by atoms with Crippen molar-refractivity contribution in [3.8, 4) is 0 Å². The lowest BCUT2D eigenvalue weighted by atomic mass is 9.81. The zero-order chi connectivity index (χ0) is 49.2. The van der Waals surface area contributed by atoms with E-state index in [1.54, 1.807) is 0 Å². The van der Waals surface area contributed by atoms with Gasteiger partial charge >= 0.3 is 6.03 Å². The molecule has 1 unspecified atom stereocenters. The van der Waals surface area contributed by atoms with Gasteiger partial charge in [0, 0.05) is 65.5 Å². The molecular formula is C55H76N5O7S+. The molecule has 6 rings (SSSR count). The maximum atomic E-state index is 13.6. The molecule has 3 amide bonds. The van der Waals surface area contributed by atoms with E-state index in [-0.39, 0.29) is 40.7 Å². The van der Waals surface area contributed by atoms with Crippen molar-refractivity contribution >= 4 is 45.2 Å². The lowest BCUT2D eigenvalue weighted by Gasteiger charge is -2.30. The van der Waals surface area contributed by atoms with Gasteiger partial charge in [0.05, 0.1) is 48.1 Å². The zero-order valence-electron chi connectivity index (χ0n) is 42.0. The van der Waals surface area contributed by atoms with Crippen molar-refractivity contribution in [1.82, 2.24) is 10.6 Å². The van der Waals surface area contributed by atoms with E-state index >= 15 is 0 Å². The van der Waals surface area contributed by atoms with E-state index in [2.05, 4.69) is 144 Å². The summed E-state index contributed by atoms with van der Waals surface area (Å²) in [7, 11) is -0.564. The minimum Gasteiger partial charge on any atom is -0.463 e. The predicted octanol–water partition coefficient (Wildman–Crippen LogP) is 9.63. The first-order chi connectivity index (χ1) is 32.2. The molecule has 2 aromatic carbocycles. The van der Waals surface area contributed by atoms with Crippen molar-refractivity contribution in [1.29, 1.82) is 0 Å². The van der Waals surface area contributed by atoms with Crippen molar-refractivity contribution in [2.24, 2.45) is 15.2 Å². The molecule has 0 bridgehead atoms. The van der Waals surface area contributed by atoms with Crippen LogP contribution in [0, 0.1) is 10.8 Å². The lowest BCUT2D eigenvalue weighted by molar-refractivity contribution is -0.401. The molecule has 1 aliphatic carbocycles. The Balaban J connectivity index is 0.941. The second-order valence-electron chi connectivity index (χ2n) is 21.1. The van der Waals surface area contributed by atoms with Crippen LogP contribution < -0.4 is 15.5 Å². The van der Waals surface area contributed by atoms with Gasteiger partial charge in [0.25, 0.3) is 6.47 Å². The van der Waals surface area contributed by atoms with Gasteiger partial charge in [-0.25, -0.2) is 9.00 Å². The molecule has 368 valence electrons. The van der Waals surface area contributed by atoms with Gasteiger partial charge in [-0.15, -0.1) is 4.36 Å². The first kappa shape index (κ1) is 52.3. The molecule has 1 atom stereocenters. The minimum atomic E-state index is -2.72. The Morgan fingerprint density at radius 3 is 2.15 bits per heavy atom. The number of carbonyl (C=O) groups is 3. The number of nitrogens with one attached hydrogen (secondary N) is 2. The summed E-state index contributed by atoms with van der Waals surface area (Å²) in [6.45, 7) is 19.9. The van der Waals surface area contributed by atoms with Crippen LogP contribution in [0.1, 0.15) is 105 Å². The average Bonchev–Trinajstić information content (AvgIpc) is 3.57. The Bertz CT molecular complexity index is 2460. The molecule has 0 aromatic heterocycles. The summed E-state index contributed by atoms with van der Waals surface area (Å²) in [5.41, 5.74) is 9.01. The van der Waals surface area contributed by atoms with Crippen LogP contribution in [0.3, 0.4) is 0 Å². The molecule has 0 saturated carbocycles. The molecule has 2 N–H and O–H groups in total. The highest BCUT2D eigenvalue weighted by atomic mass is 32.2. The van der Waals surface area contributed by atoms with Gasteiger partial charge in [-0.05, 0) is 85.6 Å². The first-order valence-electron chi connectivity index (χ1n) is 24.3. The molecule has 0 saturated heterocycles. The van der Waals surface area contributed by atoms with Crippen LogP contribution in [0.2, 0.25) is 0 Å². The SMILES string of the molecule is C[N+]1=C(/C=C/C2=CC(=C/C=C3/N(CC(CCCC(=O)NCCOCCOCCNC(=O)N=S4(=O)CC(C)(C)C=CC(C)(C)C4)OC=O)c4ccccc4C3(C)C)/CCC2)C(C)(C)c2ccccc21. The molecular weight excluding hydrogens is 875 g/mol. The van der Waals surface area contributed by atoms with Crippen molar-refractivity contribution in [2.75, 3.05) is 69.5 Å². The Kier molecular flexibility index (Phi) is 17.3. The van der Waals surface area contributed by atoms with E-state index in [9.17, 15) is 18.6 Å². The fraction of sp³-hybridized carbons (Fsp3) is 0.527. The number of nitrogens with zero attached hydrogens (tertiary/aromatic N) is 3. The normalized spacial score (nSPS) is 21.2. The Morgan fingerprint density at radius 2 is 1.47 bits per heavy atom. The highest BCUT2D eigenvalue weighted by Gasteiger charge is 2.43. The second-order valence-corrected chi connectivity index (χ2v) is 23.4. The summed E-state index contributed by atoms with van der Waals surface area (Å²) in [4.78, 5) is 39.4. The fourth-order valence-electron chi connectivity index (χ4n) is 10.0. The maximum Gasteiger partial charge on any atom is 0.349 e. The third-order valence-corrected chi connectivity index (χ3v) is 16.3. The van der Waals surface area contributed by atoms with Crippen LogP contribution in [0.25, 0.3) is 0 Å². The molecule has 68 heavy (non-hydrogen) atoms. The van der Waals surface area contributed by atoms with Crippen molar-refractivity contribution in [3.63, 3.8) is 0 Å². The minimum absolute atomic E-state index is 0.0726. The van der Waals surface area contributed by atoms with Gasteiger partial charge in [-0.1, -0.05) is 108 Å². The van der Waals surface area contributed by atoms with E-state index in [1.165, 1.54) is 33.7 Å². The van der Waals surface area contributed by atoms with Crippen LogP contribution in [0.15, 0.2) is 112 Å². The number of benzene rings is 2. The monoisotopic (exact) mass is 951 g/mol. The molecule has 4 aliphatic rings. The zero-order valence-corrected chi connectivity index (χ0v) is 42.8. The summed E-state index contributed by atoms with van der Waals surface area (Å²) in [6, 6.07) is 16.5. The second kappa shape index (κ2) is 22.5. The van der Waals surface area contributed by atoms with Crippen molar-refractivity contribution in [2.45, 2.75) is 111 Å². The van der Waals surface area contributed by atoms with Gasteiger partial charge in [0.2, 0.25) is 11.6 Å². The van der Waals surface area contributed by atoms with Crippen LogP contribution in [-0.2, 0) is 44.4 Å². The predicted molar refractivity (Wildman–Crippen MR) is 274 cm³/mol. The molecule has 0 fully saturated rings. The molecule has 13 heteroatoms. The Hall–Kier alpha value is -5.11. The van der Waals surface area contributed by atoms with E-state index in [4.69, 9.17) is 14.2 Å². The molecule has 12 nitrogen and oxygen atoms in total. The summed E-state index contributed by atoms with van der Waals surface area (Å²) < 4.78 is 36.8. The molecule has 0 spiro atoms. The fourth-order valence-corrected chi connectivity index (χ4v) is 13.2. The summed E-state index contributed by atoms with van der Waals surface area (Å²) >= 11 is 0. The number of hydrogen-bond acceptors (Lipinski definition) is 8. The van der Waals surface area contributed by atoms with Crippen LogP contribution >= 0.6 is 0 Å². The average molecular weight is 951 g/mol. The van der Waals surface area contributed by atoms with Gasteiger partial charge in [-0.3, -0.25) is 9.59 Å². The summed E-state index contributed by atoms with van der Waals surface area (Å²) in [5.74, 6) is 0.566. The molecule has 2 aromatic rings. The largest absolute Gasteiger partial charge is 0.463 e. The van der Waals surface area contributed by atoms with Gasteiger partial charge < -0.3 is 29.7 Å². The summed E-state index contributed by atoms with van der Waals surface area (Å²) in [5, 5.41) is 5.60. The van der Waals surface area contributed by atoms with Crippen molar-refractivity contribution < 1.29 is 37.4 Å². The third-order valence-electron chi connectivity index (χ3n) is 13.4. The number of hydrogen-bond donors (Lipinski definition) is 2.